The highest BCUT2D eigenvalue weighted by Crippen LogP contribution is 2.36. The molecular formula is C19H26O2. The molecule has 1 aromatic rings. The number of unbranched alkanes of at least 4 members (excludes halogenated alkanes) is 1. The van der Waals surface area contributed by atoms with Crippen molar-refractivity contribution in [3.05, 3.63) is 42.0 Å². The van der Waals surface area contributed by atoms with Gasteiger partial charge in [0.05, 0.1) is 0 Å². The summed E-state index contributed by atoms with van der Waals surface area (Å²) in [5, 5.41) is 0. The number of carbonyl (C=O) groups is 1. The van der Waals surface area contributed by atoms with Crippen LogP contribution in [0.2, 0.25) is 0 Å². The summed E-state index contributed by atoms with van der Waals surface area (Å²) in [6.07, 6.45) is 12.3. The molecule has 2 heteroatoms. The molecule has 0 bridgehead atoms. The van der Waals surface area contributed by atoms with E-state index in [1.165, 1.54) is 51.0 Å². The van der Waals surface area contributed by atoms with Crippen molar-refractivity contribution in [2.75, 3.05) is 0 Å². The normalized spacial score (nSPS) is 22.4. The number of benzene rings is 1. The first-order valence-electron chi connectivity index (χ1n) is 8.14. The zero-order valence-electron chi connectivity index (χ0n) is 13.2. The number of hydrogen-bond acceptors (Lipinski definition) is 2. The first kappa shape index (κ1) is 15.8. The molecule has 0 spiro atoms. The smallest absolute Gasteiger partial charge is 0.308 e. The van der Waals surface area contributed by atoms with E-state index in [0.717, 1.165) is 5.92 Å². The van der Waals surface area contributed by atoms with E-state index >= 15 is 0 Å². The van der Waals surface area contributed by atoms with Crippen molar-refractivity contribution in [1.82, 2.24) is 0 Å². The van der Waals surface area contributed by atoms with Crippen LogP contribution in [0.15, 0.2) is 36.4 Å². The summed E-state index contributed by atoms with van der Waals surface area (Å²) in [6.45, 7) is 3.65. The molecule has 21 heavy (non-hydrogen) atoms. The molecule has 2 rings (SSSR count). The molecule has 0 radical (unpaired) electrons. The molecule has 0 heterocycles. The van der Waals surface area contributed by atoms with Gasteiger partial charge in [-0.2, -0.15) is 0 Å². The van der Waals surface area contributed by atoms with Crippen molar-refractivity contribution in [1.29, 1.82) is 0 Å². The number of rotatable bonds is 5. The van der Waals surface area contributed by atoms with Gasteiger partial charge < -0.3 is 4.74 Å². The summed E-state index contributed by atoms with van der Waals surface area (Å²) in [5.74, 6) is 1.81. The van der Waals surface area contributed by atoms with Crippen molar-refractivity contribution < 1.29 is 9.53 Å². The van der Waals surface area contributed by atoms with E-state index in [1.807, 2.05) is 12.1 Å². The fourth-order valence-electron chi connectivity index (χ4n) is 3.07. The average molecular weight is 286 g/mol. The van der Waals surface area contributed by atoms with Gasteiger partial charge in [0.25, 0.3) is 0 Å². The summed E-state index contributed by atoms with van der Waals surface area (Å²) in [7, 11) is 0. The van der Waals surface area contributed by atoms with Crippen LogP contribution in [-0.4, -0.2) is 5.97 Å². The summed E-state index contributed by atoms with van der Waals surface area (Å²) in [4.78, 5) is 10.9. The third-order valence-electron chi connectivity index (χ3n) is 4.25. The Morgan fingerprint density at radius 2 is 1.86 bits per heavy atom. The van der Waals surface area contributed by atoms with Crippen LogP contribution in [0.1, 0.15) is 63.9 Å². The zero-order chi connectivity index (χ0) is 15.1. The van der Waals surface area contributed by atoms with Crippen molar-refractivity contribution in [2.24, 2.45) is 5.92 Å². The predicted octanol–water partition coefficient (Wildman–Crippen LogP) is 5.24. The molecule has 114 valence electrons. The third-order valence-corrected chi connectivity index (χ3v) is 4.25. The fraction of sp³-hybridized carbons (Fsp3) is 0.526. The first-order chi connectivity index (χ1) is 10.2. The minimum atomic E-state index is -0.262. The molecule has 2 nitrogen and oxygen atoms in total. The van der Waals surface area contributed by atoms with E-state index in [-0.39, 0.29) is 5.97 Å². The number of carbonyl (C=O) groups excluding carboxylic acids is 1. The Kier molecular flexibility index (Phi) is 6.04. The van der Waals surface area contributed by atoms with Gasteiger partial charge in [0.1, 0.15) is 5.75 Å². The molecule has 0 atom stereocenters. The lowest BCUT2D eigenvalue weighted by Crippen LogP contribution is -2.11. The average Bonchev–Trinajstić information content (AvgIpc) is 2.49. The second-order valence-electron chi connectivity index (χ2n) is 5.99. The Morgan fingerprint density at radius 3 is 2.43 bits per heavy atom. The number of ether oxygens (including phenoxy) is 1. The van der Waals surface area contributed by atoms with E-state index in [9.17, 15) is 4.79 Å². The van der Waals surface area contributed by atoms with E-state index in [2.05, 4.69) is 31.2 Å². The number of esters is 1. The molecule has 1 aliphatic carbocycles. The fourth-order valence-corrected chi connectivity index (χ4v) is 3.07. The van der Waals surface area contributed by atoms with Gasteiger partial charge in [0, 0.05) is 6.92 Å². The standard InChI is InChI=1S/C19H26O2/c1-3-4-5-6-16-7-9-17(10-8-16)18-11-13-19(14-12-18)21-15(2)20/h5-6,11-14,16-17H,3-4,7-10H2,1-2H3. The number of allylic oxidation sites excluding steroid dienone is 2. The topological polar surface area (TPSA) is 26.3 Å². The molecule has 0 aromatic heterocycles. The van der Waals surface area contributed by atoms with Gasteiger partial charge in [-0.25, -0.2) is 0 Å². The molecule has 0 aliphatic heterocycles. The highest BCUT2D eigenvalue weighted by Gasteiger charge is 2.20. The SMILES string of the molecule is CCCC=CC1CCC(c2ccc(OC(C)=O)cc2)CC1. The lowest BCUT2D eigenvalue weighted by atomic mass is 9.78. The van der Waals surface area contributed by atoms with Crippen molar-refractivity contribution in [3.8, 4) is 5.75 Å². The molecule has 0 N–H and O–H groups in total. The van der Waals surface area contributed by atoms with Gasteiger partial charge in [-0.1, -0.05) is 37.6 Å². The summed E-state index contributed by atoms with van der Waals surface area (Å²) in [5.41, 5.74) is 1.38. The Hall–Kier alpha value is -1.57. The lowest BCUT2D eigenvalue weighted by Gasteiger charge is -2.27. The van der Waals surface area contributed by atoms with Gasteiger partial charge in [-0.05, 0) is 61.6 Å². The van der Waals surface area contributed by atoms with Crippen LogP contribution in [0.5, 0.6) is 5.75 Å². The minimum Gasteiger partial charge on any atom is -0.427 e. The van der Waals surface area contributed by atoms with Gasteiger partial charge in [0.2, 0.25) is 0 Å². The van der Waals surface area contributed by atoms with E-state index in [0.29, 0.717) is 11.7 Å². The minimum absolute atomic E-state index is 0.262. The maximum absolute atomic E-state index is 10.9. The van der Waals surface area contributed by atoms with Crippen LogP contribution in [-0.2, 0) is 4.79 Å². The molecule has 1 aromatic carbocycles. The molecule has 1 fully saturated rings. The molecule has 0 saturated heterocycles. The zero-order valence-corrected chi connectivity index (χ0v) is 13.2. The maximum Gasteiger partial charge on any atom is 0.308 e. The molecule has 1 saturated carbocycles. The summed E-state index contributed by atoms with van der Waals surface area (Å²) >= 11 is 0. The highest BCUT2D eigenvalue weighted by molar-refractivity contribution is 5.69. The largest absolute Gasteiger partial charge is 0.427 e. The van der Waals surface area contributed by atoms with Gasteiger partial charge in [0.15, 0.2) is 0 Å². The quantitative estimate of drug-likeness (QED) is 0.420. The predicted molar refractivity (Wildman–Crippen MR) is 86.5 cm³/mol. The number of hydrogen-bond donors (Lipinski definition) is 0. The monoisotopic (exact) mass is 286 g/mol. The van der Waals surface area contributed by atoms with Crippen LogP contribution >= 0.6 is 0 Å². The van der Waals surface area contributed by atoms with Gasteiger partial charge >= 0.3 is 5.97 Å². The van der Waals surface area contributed by atoms with Crippen LogP contribution in [0.4, 0.5) is 0 Å². The molecular weight excluding hydrogens is 260 g/mol. The molecule has 1 aliphatic rings. The Labute approximate surface area is 128 Å². The van der Waals surface area contributed by atoms with Crippen molar-refractivity contribution in [2.45, 2.75) is 58.3 Å². The van der Waals surface area contributed by atoms with Crippen molar-refractivity contribution in [3.63, 3.8) is 0 Å². The second-order valence-corrected chi connectivity index (χ2v) is 5.99. The molecule has 0 amide bonds. The molecule has 0 unspecified atom stereocenters. The van der Waals surface area contributed by atoms with E-state index in [4.69, 9.17) is 4.74 Å². The van der Waals surface area contributed by atoms with Crippen LogP contribution < -0.4 is 4.74 Å². The van der Waals surface area contributed by atoms with Gasteiger partial charge in [-0.3, -0.25) is 4.79 Å². The van der Waals surface area contributed by atoms with Crippen molar-refractivity contribution >= 4 is 5.97 Å². The van der Waals surface area contributed by atoms with E-state index < -0.39 is 0 Å². The third kappa shape index (κ3) is 5.04. The Bertz CT molecular complexity index is 465. The lowest BCUT2D eigenvalue weighted by molar-refractivity contribution is -0.131. The van der Waals surface area contributed by atoms with Crippen LogP contribution in [0.25, 0.3) is 0 Å². The summed E-state index contributed by atoms with van der Waals surface area (Å²) in [6, 6.07) is 8.03. The van der Waals surface area contributed by atoms with E-state index in [1.54, 1.807) is 0 Å². The first-order valence-corrected chi connectivity index (χ1v) is 8.14. The van der Waals surface area contributed by atoms with Gasteiger partial charge in [-0.15, -0.1) is 0 Å². The van der Waals surface area contributed by atoms with Crippen LogP contribution in [0.3, 0.4) is 0 Å². The Balaban J connectivity index is 1.85. The maximum atomic E-state index is 10.9. The second kappa shape index (κ2) is 8.02. The Morgan fingerprint density at radius 1 is 1.19 bits per heavy atom. The highest BCUT2D eigenvalue weighted by atomic mass is 16.5. The summed E-state index contributed by atoms with van der Waals surface area (Å²) < 4.78 is 5.08. The van der Waals surface area contributed by atoms with Crippen LogP contribution in [0, 0.1) is 5.92 Å².